The molecule has 0 N–H and O–H groups in total. The summed E-state index contributed by atoms with van der Waals surface area (Å²) in [5.74, 6) is 0. The molecule has 0 bridgehead atoms. The summed E-state index contributed by atoms with van der Waals surface area (Å²) in [6, 6.07) is 6.94. The van der Waals surface area contributed by atoms with Crippen LogP contribution in [-0.2, 0) is 16.6 Å². The topological polar surface area (TPSA) is 9.23 Å². The van der Waals surface area contributed by atoms with Crippen LogP contribution < -0.4 is 0 Å². The lowest BCUT2D eigenvalue weighted by atomic mass is 9.80. The first kappa shape index (κ1) is 13.1. The van der Waals surface area contributed by atoms with Crippen LogP contribution in [0.4, 0.5) is 0 Å². The summed E-state index contributed by atoms with van der Waals surface area (Å²) in [5.41, 5.74) is 4.54. The SMILES string of the molecule is CCC(C)(C)c1ccc2c(c1)C(Br)COCC2. The van der Waals surface area contributed by atoms with Gasteiger partial charge in [-0.05, 0) is 34.9 Å². The highest BCUT2D eigenvalue weighted by molar-refractivity contribution is 9.09. The number of hydrogen-bond acceptors (Lipinski definition) is 1. The van der Waals surface area contributed by atoms with Crippen LogP contribution in [0.5, 0.6) is 0 Å². The smallest absolute Gasteiger partial charge is 0.0632 e. The van der Waals surface area contributed by atoms with Gasteiger partial charge in [-0.3, -0.25) is 0 Å². The van der Waals surface area contributed by atoms with Gasteiger partial charge in [-0.2, -0.15) is 0 Å². The number of rotatable bonds is 2. The largest absolute Gasteiger partial charge is 0.380 e. The zero-order chi connectivity index (χ0) is 12.5. The third kappa shape index (κ3) is 2.74. The van der Waals surface area contributed by atoms with Gasteiger partial charge in [-0.1, -0.05) is 54.9 Å². The van der Waals surface area contributed by atoms with Crippen molar-refractivity contribution in [1.29, 1.82) is 0 Å². The number of alkyl halides is 1. The van der Waals surface area contributed by atoms with Gasteiger partial charge in [0.05, 0.1) is 18.0 Å². The Bertz CT molecular complexity index is 398. The predicted octanol–water partition coefficient (Wildman–Crippen LogP) is 4.38. The van der Waals surface area contributed by atoms with Gasteiger partial charge in [-0.15, -0.1) is 0 Å². The van der Waals surface area contributed by atoms with E-state index >= 15 is 0 Å². The van der Waals surface area contributed by atoms with Gasteiger partial charge >= 0.3 is 0 Å². The Hall–Kier alpha value is -0.340. The molecule has 1 aromatic rings. The van der Waals surface area contributed by atoms with Crippen LogP contribution in [-0.4, -0.2) is 13.2 Å². The third-order valence-electron chi connectivity index (χ3n) is 3.93. The Morgan fingerprint density at radius 1 is 1.41 bits per heavy atom. The zero-order valence-corrected chi connectivity index (χ0v) is 12.5. The summed E-state index contributed by atoms with van der Waals surface area (Å²) in [6.45, 7) is 8.49. The van der Waals surface area contributed by atoms with Gasteiger partial charge in [0.15, 0.2) is 0 Å². The Balaban J connectivity index is 2.41. The Morgan fingerprint density at radius 2 is 2.18 bits per heavy atom. The van der Waals surface area contributed by atoms with E-state index in [4.69, 9.17) is 4.74 Å². The molecule has 0 saturated heterocycles. The first-order chi connectivity index (χ1) is 8.04. The van der Waals surface area contributed by atoms with Crippen molar-refractivity contribution in [1.82, 2.24) is 0 Å². The predicted molar refractivity (Wildman–Crippen MR) is 76.0 cm³/mol. The third-order valence-corrected chi connectivity index (χ3v) is 4.69. The standard InChI is InChI=1S/C15H21BrO/c1-4-15(2,3)12-6-5-11-7-8-17-10-14(16)13(11)9-12/h5-6,9,14H,4,7-8,10H2,1-3H3. The minimum absolute atomic E-state index is 0.259. The van der Waals surface area contributed by atoms with Crippen molar-refractivity contribution >= 4 is 15.9 Å². The summed E-state index contributed by atoms with van der Waals surface area (Å²) < 4.78 is 5.59. The maximum atomic E-state index is 5.59. The molecule has 0 aromatic heterocycles. The molecule has 1 unspecified atom stereocenters. The molecule has 0 radical (unpaired) electrons. The summed E-state index contributed by atoms with van der Waals surface area (Å²) >= 11 is 3.73. The second kappa shape index (κ2) is 5.11. The minimum atomic E-state index is 0.259. The molecular formula is C15H21BrO. The molecule has 0 saturated carbocycles. The molecule has 1 aliphatic rings. The van der Waals surface area contributed by atoms with E-state index < -0.39 is 0 Å². The van der Waals surface area contributed by atoms with Crippen LogP contribution in [0, 0.1) is 0 Å². The second-order valence-corrected chi connectivity index (χ2v) is 6.55. The lowest BCUT2D eigenvalue weighted by molar-refractivity contribution is 0.146. The molecule has 0 spiro atoms. The van der Waals surface area contributed by atoms with Crippen LogP contribution >= 0.6 is 15.9 Å². The fourth-order valence-electron chi connectivity index (χ4n) is 2.20. The van der Waals surface area contributed by atoms with E-state index in [1.54, 1.807) is 0 Å². The zero-order valence-electron chi connectivity index (χ0n) is 10.9. The van der Waals surface area contributed by atoms with E-state index in [1.165, 1.54) is 16.7 Å². The van der Waals surface area contributed by atoms with Gasteiger partial charge < -0.3 is 4.74 Å². The first-order valence-electron chi connectivity index (χ1n) is 6.39. The van der Waals surface area contributed by atoms with Crippen molar-refractivity contribution in [2.75, 3.05) is 13.2 Å². The van der Waals surface area contributed by atoms with Crippen LogP contribution in [0.1, 0.15) is 48.7 Å². The van der Waals surface area contributed by atoms with Gasteiger partial charge in [0.1, 0.15) is 0 Å². The van der Waals surface area contributed by atoms with Crippen LogP contribution in [0.25, 0.3) is 0 Å². The Morgan fingerprint density at radius 3 is 2.88 bits per heavy atom. The molecule has 0 fully saturated rings. The maximum Gasteiger partial charge on any atom is 0.0632 e. The second-order valence-electron chi connectivity index (χ2n) is 5.44. The molecule has 1 atom stereocenters. The Labute approximate surface area is 113 Å². The molecule has 1 heterocycles. The number of fused-ring (bicyclic) bond motifs is 1. The number of halogens is 1. The van der Waals surface area contributed by atoms with Crippen LogP contribution in [0.3, 0.4) is 0 Å². The number of hydrogen-bond donors (Lipinski definition) is 0. The lowest BCUT2D eigenvalue weighted by Crippen LogP contribution is -2.16. The van der Waals surface area contributed by atoms with Gasteiger partial charge in [-0.25, -0.2) is 0 Å². The molecule has 0 amide bonds. The minimum Gasteiger partial charge on any atom is -0.380 e. The van der Waals surface area contributed by atoms with Crippen molar-refractivity contribution in [2.45, 2.75) is 43.9 Å². The van der Waals surface area contributed by atoms with E-state index in [2.05, 4.69) is 54.9 Å². The lowest BCUT2D eigenvalue weighted by Gasteiger charge is -2.25. The van der Waals surface area contributed by atoms with Crippen molar-refractivity contribution in [2.24, 2.45) is 0 Å². The van der Waals surface area contributed by atoms with Crippen LogP contribution in [0.15, 0.2) is 18.2 Å². The average molecular weight is 297 g/mol. The van der Waals surface area contributed by atoms with E-state index in [1.807, 2.05) is 0 Å². The molecule has 2 heteroatoms. The summed E-state index contributed by atoms with van der Waals surface area (Å²) in [6.07, 6.45) is 2.19. The maximum absolute atomic E-state index is 5.59. The van der Waals surface area contributed by atoms with E-state index in [0.717, 1.165) is 26.1 Å². The molecule has 1 nitrogen and oxygen atoms in total. The monoisotopic (exact) mass is 296 g/mol. The summed E-state index contributed by atoms with van der Waals surface area (Å²) in [7, 11) is 0. The highest BCUT2D eigenvalue weighted by atomic mass is 79.9. The van der Waals surface area contributed by atoms with Crippen molar-refractivity contribution in [3.05, 3.63) is 34.9 Å². The number of ether oxygens (including phenoxy) is 1. The first-order valence-corrected chi connectivity index (χ1v) is 7.31. The molecule has 1 aliphatic heterocycles. The fraction of sp³-hybridized carbons (Fsp3) is 0.600. The normalized spacial score (nSPS) is 20.8. The molecule has 94 valence electrons. The molecular weight excluding hydrogens is 276 g/mol. The molecule has 17 heavy (non-hydrogen) atoms. The van der Waals surface area contributed by atoms with Crippen molar-refractivity contribution in [3.63, 3.8) is 0 Å². The number of benzene rings is 1. The summed E-state index contributed by atoms with van der Waals surface area (Å²) in [4.78, 5) is 0.340. The summed E-state index contributed by atoms with van der Waals surface area (Å²) in [5, 5.41) is 0. The van der Waals surface area contributed by atoms with Gasteiger partial charge in [0.2, 0.25) is 0 Å². The van der Waals surface area contributed by atoms with Gasteiger partial charge in [0.25, 0.3) is 0 Å². The molecule has 2 rings (SSSR count). The fourth-order valence-corrected chi connectivity index (χ4v) is 2.81. The molecule has 1 aromatic carbocycles. The highest BCUT2D eigenvalue weighted by Crippen LogP contribution is 2.34. The van der Waals surface area contributed by atoms with Gasteiger partial charge in [0, 0.05) is 0 Å². The average Bonchev–Trinajstić information content (AvgIpc) is 2.51. The quantitative estimate of drug-likeness (QED) is 0.736. The Kier molecular flexibility index (Phi) is 3.94. The van der Waals surface area contributed by atoms with Crippen molar-refractivity contribution < 1.29 is 4.74 Å². The van der Waals surface area contributed by atoms with Crippen molar-refractivity contribution in [3.8, 4) is 0 Å². The molecule has 0 aliphatic carbocycles. The highest BCUT2D eigenvalue weighted by Gasteiger charge is 2.22. The van der Waals surface area contributed by atoms with Crippen LogP contribution in [0.2, 0.25) is 0 Å². The van der Waals surface area contributed by atoms with E-state index in [-0.39, 0.29) is 5.41 Å². The van der Waals surface area contributed by atoms with E-state index in [9.17, 15) is 0 Å². The van der Waals surface area contributed by atoms with E-state index in [0.29, 0.717) is 4.83 Å².